The molecule has 6 atom stereocenters. The number of nitrogens with zero attached hydrogens (tertiary/aromatic N) is 2. The Hall–Kier alpha value is -2.58. The van der Waals surface area contributed by atoms with Crippen LogP contribution >= 0.6 is 0 Å². The summed E-state index contributed by atoms with van der Waals surface area (Å²) >= 11 is 0. The first kappa shape index (κ1) is 23.2. The number of fused-ring (bicyclic) bond motifs is 1. The minimum atomic E-state index is -1.53. The summed E-state index contributed by atoms with van der Waals surface area (Å²) in [5.74, 6) is 0.0847. The fourth-order valence-corrected chi connectivity index (χ4v) is 7.91. The molecule has 184 valence electrons. The van der Waals surface area contributed by atoms with Crippen LogP contribution in [0.1, 0.15) is 39.2 Å². The highest BCUT2D eigenvalue weighted by Gasteiger charge is 2.77. The van der Waals surface area contributed by atoms with Crippen LogP contribution in [-0.4, -0.2) is 79.5 Å². The number of methoxy groups -OCH3 is 1. The van der Waals surface area contributed by atoms with Crippen molar-refractivity contribution in [3.63, 3.8) is 0 Å². The lowest BCUT2D eigenvalue weighted by molar-refractivity contribution is -0.217. The van der Waals surface area contributed by atoms with Crippen molar-refractivity contribution in [1.82, 2.24) is 10.2 Å². The van der Waals surface area contributed by atoms with Crippen molar-refractivity contribution in [2.24, 2.45) is 5.41 Å². The van der Waals surface area contributed by atoms with E-state index in [0.717, 1.165) is 30.9 Å². The number of hydrogen-bond donors (Lipinski definition) is 2. The van der Waals surface area contributed by atoms with Gasteiger partial charge in [0.2, 0.25) is 5.91 Å². The second-order valence-electron chi connectivity index (χ2n) is 10.3. The molecule has 2 fully saturated rings. The van der Waals surface area contributed by atoms with Crippen LogP contribution < -0.4 is 15.0 Å². The van der Waals surface area contributed by atoms with Gasteiger partial charge in [0.05, 0.1) is 19.7 Å². The average Bonchev–Trinajstić information content (AvgIpc) is 3.32. The molecule has 0 radical (unpaired) electrons. The van der Waals surface area contributed by atoms with Crippen molar-refractivity contribution in [3.05, 3.63) is 35.9 Å². The number of nitrogens with one attached hydrogen (secondary N) is 1. The Labute approximate surface area is 200 Å². The van der Waals surface area contributed by atoms with Crippen LogP contribution in [0.4, 0.5) is 5.69 Å². The number of hydrogen-bond acceptors (Lipinski definition) is 7. The van der Waals surface area contributed by atoms with Crippen LogP contribution in [0.5, 0.6) is 5.75 Å². The fourth-order valence-electron chi connectivity index (χ4n) is 7.91. The Morgan fingerprint density at radius 2 is 2.03 bits per heavy atom. The summed E-state index contributed by atoms with van der Waals surface area (Å²) in [5.41, 5.74) is -0.338. The van der Waals surface area contributed by atoms with Crippen LogP contribution in [0.3, 0.4) is 0 Å². The second kappa shape index (κ2) is 7.71. The van der Waals surface area contributed by atoms with Crippen molar-refractivity contribution in [1.29, 1.82) is 0 Å². The van der Waals surface area contributed by atoms with Gasteiger partial charge in [0.1, 0.15) is 17.5 Å². The van der Waals surface area contributed by atoms with E-state index in [-0.39, 0.29) is 18.5 Å². The van der Waals surface area contributed by atoms with Crippen LogP contribution in [0.15, 0.2) is 30.4 Å². The Morgan fingerprint density at radius 1 is 1.26 bits per heavy atom. The molecule has 1 aromatic carbocycles. The predicted molar refractivity (Wildman–Crippen MR) is 128 cm³/mol. The molecule has 0 aromatic heterocycles. The highest BCUT2D eigenvalue weighted by molar-refractivity contribution is 5.74. The van der Waals surface area contributed by atoms with Gasteiger partial charge >= 0.3 is 5.97 Å². The van der Waals surface area contributed by atoms with E-state index in [0.29, 0.717) is 6.42 Å². The average molecular weight is 470 g/mol. The van der Waals surface area contributed by atoms with E-state index in [4.69, 9.17) is 9.47 Å². The van der Waals surface area contributed by atoms with E-state index in [1.54, 1.807) is 7.11 Å². The molecule has 5 rings (SSSR count). The standard InChI is InChI=1S/C26H35N3O5/c1-6-24-10-7-12-29-13-11-25(21(24)29)19-9-8-18(33-5)14-20(19)28(4)22(25)26(32,15-27-16(2)30)23(24)34-17(3)31/h7-10,14,21-23,32H,6,11-13,15H2,1-5H3,(H,27,30)/t21?,22-,23-,24-,25-,26?/m1/s1. The van der Waals surface area contributed by atoms with Gasteiger partial charge in [0.15, 0.2) is 0 Å². The van der Waals surface area contributed by atoms with E-state index >= 15 is 0 Å². The van der Waals surface area contributed by atoms with Crippen LogP contribution in [-0.2, 0) is 19.7 Å². The molecule has 1 saturated heterocycles. The maximum absolute atomic E-state index is 12.7. The topological polar surface area (TPSA) is 91.3 Å². The molecular formula is C26H35N3O5. The number of benzene rings is 1. The molecule has 34 heavy (non-hydrogen) atoms. The number of rotatable bonds is 5. The molecule has 8 heteroatoms. The first-order valence-corrected chi connectivity index (χ1v) is 12.1. The van der Waals surface area contributed by atoms with Crippen molar-refractivity contribution >= 4 is 17.6 Å². The van der Waals surface area contributed by atoms with E-state index in [9.17, 15) is 14.7 Å². The highest BCUT2D eigenvalue weighted by atomic mass is 16.6. The molecule has 1 aromatic rings. The molecular weight excluding hydrogens is 434 g/mol. The summed E-state index contributed by atoms with van der Waals surface area (Å²) in [6.45, 7) is 6.63. The monoisotopic (exact) mass is 469 g/mol. The van der Waals surface area contributed by atoms with Gasteiger partial charge in [0.25, 0.3) is 0 Å². The third-order valence-corrected chi connectivity index (χ3v) is 8.84. The molecule has 1 amide bonds. The Balaban J connectivity index is 1.81. The second-order valence-corrected chi connectivity index (χ2v) is 10.3. The maximum Gasteiger partial charge on any atom is 0.303 e. The summed E-state index contributed by atoms with van der Waals surface area (Å²) in [6.07, 6.45) is 5.04. The summed E-state index contributed by atoms with van der Waals surface area (Å²) in [5, 5.41) is 15.6. The van der Waals surface area contributed by atoms with Gasteiger partial charge in [-0.2, -0.15) is 0 Å². The molecule has 1 spiro atoms. The zero-order valence-electron chi connectivity index (χ0n) is 20.6. The lowest BCUT2D eigenvalue weighted by atomic mass is 9.47. The SMILES string of the molecule is CC[C@]12C=CCN3CC[C@@]4(c5ccc(OC)cc5N(C)[C@H]4C(O)(CNC(C)=O)[C@@H]1OC(C)=O)C32. The highest BCUT2D eigenvalue weighted by Crippen LogP contribution is 2.67. The number of carbonyl (C=O) groups excluding carboxylic acids is 2. The fraction of sp³-hybridized carbons (Fsp3) is 0.615. The van der Waals surface area contributed by atoms with Crippen molar-refractivity contribution < 1.29 is 24.2 Å². The zero-order chi connectivity index (χ0) is 24.5. The molecule has 1 aliphatic carbocycles. The smallest absolute Gasteiger partial charge is 0.303 e. The molecule has 2 N–H and O–H groups in total. The summed E-state index contributed by atoms with van der Waals surface area (Å²) in [4.78, 5) is 29.1. The van der Waals surface area contributed by atoms with Gasteiger partial charge in [0, 0.05) is 56.1 Å². The minimum absolute atomic E-state index is 0.00945. The largest absolute Gasteiger partial charge is 0.497 e. The zero-order valence-corrected chi connectivity index (χ0v) is 20.6. The quantitative estimate of drug-likeness (QED) is 0.500. The van der Waals surface area contributed by atoms with Crippen molar-refractivity contribution in [3.8, 4) is 5.75 Å². The van der Waals surface area contributed by atoms with E-state index < -0.39 is 34.5 Å². The summed E-state index contributed by atoms with van der Waals surface area (Å²) < 4.78 is 11.6. The third kappa shape index (κ3) is 2.78. The Morgan fingerprint density at radius 3 is 2.68 bits per heavy atom. The number of aliphatic hydroxyl groups is 1. The Kier molecular flexibility index (Phi) is 5.26. The van der Waals surface area contributed by atoms with E-state index in [2.05, 4.69) is 40.3 Å². The molecule has 3 heterocycles. The molecule has 3 aliphatic heterocycles. The number of amides is 1. The molecule has 1 saturated carbocycles. The molecule has 8 nitrogen and oxygen atoms in total. The molecule has 4 aliphatic rings. The van der Waals surface area contributed by atoms with Crippen LogP contribution in [0.2, 0.25) is 0 Å². The molecule has 0 bridgehead atoms. The van der Waals surface area contributed by atoms with Gasteiger partial charge < -0.3 is 24.8 Å². The summed E-state index contributed by atoms with van der Waals surface area (Å²) in [7, 11) is 3.64. The van der Waals surface area contributed by atoms with E-state index in [1.807, 2.05) is 19.2 Å². The first-order valence-electron chi connectivity index (χ1n) is 12.1. The lowest BCUT2D eigenvalue weighted by Crippen LogP contribution is -2.81. The predicted octanol–water partition coefficient (Wildman–Crippen LogP) is 1.60. The van der Waals surface area contributed by atoms with Crippen molar-refractivity contribution in [2.45, 2.75) is 62.8 Å². The molecule has 2 unspecified atom stereocenters. The van der Waals surface area contributed by atoms with Gasteiger partial charge in [-0.05, 0) is 31.0 Å². The third-order valence-electron chi connectivity index (χ3n) is 8.84. The number of ether oxygens (including phenoxy) is 2. The number of esters is 1. The van der Waals surface area contributed by atoms with E-state index in [1.165, 1.54) is 19.4 Å². The number of likely N-dealkylation sites (N-methyl/N-ethyl adjacent to an activating group) is 1. The number of carbonyl (C=O) groups is 2. The lowest BCUT2D eigenvalue weighted by Gasteiger charge is -2.64. The first-order chi connectivity index (χ1) is 16.2. The number of anilines is 1. The van der Waals surface area contributed by atoms with Gasteiger partial charge in [-0.3, -0.25) is 14.5 Å². The minimum Gasteiger partial charge on any atom is -0.497 e. The van der Waals surface area contributed by atoms with Crippen molar-refractivity contribution in [2.75, 3.05) is 38.7 Å². The van der Waals surface area contributed by atoms with Gasteiger partial charge in [-0.15, -0.1) is 0 Å². The van der Waals surface area contributed by atoms with Crippen LogP contribution in [0, 0.1) is 5.41 Å². The normalized spacial score (nSPS) is 37.6. The van der Waals surface area contributed by atoms with Gasteiger partial charge in [-0.25, -0.2) is 0 Å². The Bertz CT molecular complexity index is 1060. The van der Waals surface area contributed by atoms with Gasteiger partial charge in [-0.1, -0.05) is 25.1 Å². The van der Waals surface area contributed by atoms with Crippen LogP contribution in [0.25, 0.3) is 0 Å². The maximum atomic E-state index is 12.7. The summed E-state index contributed by atoms with van der Waals surface area (Å²) in [6, 6.07) is 5.79.